The van der Waals surface area contributed by atoms with Crippen molar-refractivity contribution in [2.24, 2.45) is 5.92 Å². The van der Waals surface area contributed by atoms with Gasteiger partial charge in [0.15, 0.2) is 0 Å². The fourth-order valence-corrected chi connectivity index (χ4v) is 3.13. The van der Waals surface area contributed by atoms with Crippen LogP contribution in [0.1, 0.15) is 31.4 Å². The molecule has 1 fully saturated rings. The summed E-state index contributed by atoms with van der Waals surface area (Å²) in [5.74, 6) is 0.834. The molecule has 3 rings (SSSR count). The number of fused-ring (bicyclic) bond motifs is 1. The second-order valence-corrected chi connectivity index (χ2v) is 6.07. The summed E-state index contributed by atoms with van der Waals surface area (Å²) in [7, 11) is 0. The van der Waals surface area contributed by atoms with Crippen molar-refractivity contribution in [3.05, 3.63) is 48.0 Å². The molecule has 1 N–H and O–H groups in total. The largest absolute Gasteiger partial charge is 0.387 e. The Balaban J connectivity index is 1.77. The molecule has 1 atom stereocenters. The van der Waals surface area contributed by atoms with Gasteiger partial charge in [-0.1, -0.05) is 49.4 Å². The first-order valence-electron chi connectivity index (χ1n) is 7.62. The van der Waals surface area contributed by atoms with Gasteiger partial charge in [0.25, 0.3) is 0 Å². The first kappa shape index (κ1) is 13.6. The van der Waals surface area contributed by atoms with E-state index in [-0.39, 0.29) is 0 Å². The molecule has 1 aliphatic rings. The van der Waals surface area contributed by atoms with Crippen LogP contribution in [0.4, 0.5) is 0 Å². The quantitative estimate of drug-likeness (QED) is 0.920. The molecule has 0 bridgehead atoms. The number of aliphatic hydroxyl groups excluding tert-OH is 1. The van der Waals surface area contributed by atoms with Gasteiger partial charge in [0, 0.05) is 6.54 Å². The Morgan fingerprint density at radius 3 is 2.60 bits per heavy atom. The molecule has 20 heavy (non-hydrogen) atoms. The lowest BCUT2D eigenvalue weighted by Crippen LogP contribution is -2.36. The zero-order valence-corrected chi connectivity index (χ0v) is 12.1. The van der Waals surface area contributed by atoms with Gasteiger partial charge >= 0.3 is 0 Å². The van der Waals surface area contributed by atoms with E-state index >= 15 is 0 Å². The molecule has 0 spiro atoms. The lowest BCUT2D eigenvalue weighted by Gasteiger charge is -2.31. The molecule has 0 saturated carbocycles. The van der Waals surface area contributed by atoms with E-state index < -0.39 is 6.10 Å². The van der Waals surface area contributed by atoms with Crippen molar-refractivity contribution >= 4 is 10.8 Å². The fraction of sp³-hybridized carbons (Fsp3) is 0.444. The molecule has 1 unspecified atom stereocenters. The molecule has 0 aliphatic carbocycles. The van der Waals surface area contributed by atoms with Crippen LogP contribution in [0.3, 0.4) is 0 Å². The van der Waals surface area contributed by atoms with Crippen LogP contribution in [-0.2, 0) is 0 Å². The number of piperidine rings is 1. The van der Waals surface area contributed by atoms with E-state index in [1.807, 2.05) is 18.2 Å². The predicted molar refractivity (Wildman–Crippen MR) is 83.7 cm³/mol. The summed E-state index contributed by atoms with van der Waals surface area (Å²) in [5.41, 5.74) is 1.06. The lowest BCUT2D eigenvalue weighted by atomic mass is 9.97. The first-order valence-corrected chi connectivity index (χ1v) is 7.62. The number of hydrogen-bond donors (Lipinski definition) is 1. The summed E-state index contributed by atoms with van der Waals surface area (Å²) >= 11 is 0. The molecular formula is C18H23NO. The summed E-state index contributed by atoms with van der Waals surface area (Å²) < 4.78 is 0. The van der Waals surface area contributed by atoms with Crippen LogP contribution in [0.2, 0.25) is 0 Å². The van der Waals surface area contributed by atoms with Crippen molar-refractivity contribution in [1.29, 1.82) is 0 Å². The van der Waals surface area contributed by atoms with Crippen LogP contribution < -0.4 is 0 Å². The highest BCUT2D eigenvalue weighted by Gasteiger charge is 2.19. The molecule has 1 saturated heterocycles. The molecule has 2 nitrogen and oxygen atoms in total. The smallest absolute Gasteiger partial charge is 0.0922 e. The number of β-amino-alcohol motifs (C(OH)–C–C–N with tert-alkyl or cyclic N) is 1. The third-order valence-corrected chi connectivity index (χ3v) is 4.49. The maximum atomic E-state index is 10.6. The molecular weight excluding hydrogens is 246 g/mol. The third-order valence-electron chi connectivity index (χ3n) is 4.49. The van der Waals surface area contributed by atoms with Crippen LogP contribution >= 0.6 is 0 Å². The molecule has 2 aromatic carbocycles. The number of rotatable bonds is 3. The Kier molecular flexibility index (Phi) is 4.04. The summed E-state index contributed by atoms with van der Waals surface area (Å²) in [5, 5.41) is 13.0. The normalized spacial score (nSPS) is 19.3. The zero-order chi connectivity index (χ0) is 13.9. The van der Waals surface area contributed by atoms with Gasteiger partial charge in [0.05, 0.1) is 6.10 Å². The fourth-order valence-electron chi connectivity index (χ4n) is 3.13. The average Bonchev–Trinajstić information content (AvgIpc) is 2.49. The summed E-state index contributed by atoms with van der Waals surface area (Å²) in [4.78, 5) is 2.40. The second-order valence-electron chi connectivity index (χ2n) is 6.07. The lowest BCUT2D eigenvalue weighted by molar-refractivity contribution is 0.0925. The monoisotopic (exact) mass is 269 g/mol. The molecule has 1 heterocycles. The summed E-state index contributed by atoms with van der Waals surface area (Å²) in [6.45, 7) is 5.30. The Bertz CT molecular complexity index is 567. The van der Waals surface area contributed by atoms with Crippen LogP contribution in [0.5, 0.6) is 0 Å². The van der Waals surface area contributed by atoms with Gasteiger partial charge in [-0.15, -0.1) is 0 Å². The van der Waals surface area contributed by atoms with Crippen LogP contribution in [0.15, 0.2) is 42.5 Å². The van der Waals surface area contributed by atoms with Crippen molar-refractivity contribution in [2.75, 3.05) is 19.6 Å². The van der Waals surface area contributed by atoms with Crippen LogP contribution in [0, 0.1) is 5.92 Å². The summed E-state index contributed by atoms with van der Waals surface area (Å²) in [6, 6.07) is 14.5. The summed E-state index contributed by atoms with van der Waals surface area (Å²) in [6.07, 6.45) is 2.11. The van der Waals surface area contributed by atoms with Gasteiger partial charge < -0.3 is 10.0 Å². The standard InChI is InChI=1S/C18H23NO/c1-14-9-11-19(12-10-14)13-18(20)17-8-4-6-15-5-2-3-7-16(15)17/h2-8,14,18,20H,9-13H2,1H3. The highest BCUT2D eigenvalue weighted by molar-refractivity contribution is 5.85. The molecule has 106 valence electrons. The van der Waals surface area contributed by atoms with Crippen molar-refractivity contribution in [2.45, 2.75) is 25.9 Å². The zero-order valence-electron chi connectivity index (χ0n) is 12.1. The molecule has 0 radical (unpaired) electrons. The van der Waals surface area contributed by atoms with E-state index in [2.05, 4.69) is 36.1 Å². The minimum absolute atomic E-state index is 0.394. The first-order chi connectivity index (χ1) is 9.74. The van der Waals surface area contributed by atoms with Crippen molar-refractivity contribution < 1.29 is 5.11 Å². The van der Waals surface area contributed by atoms with Crippen LogP contribution in [0.25, 0.3) is 10.8 Å². The molecule has 0 aromatic heterocycles. The second kappa shape index (κ2) is 5.94. The van der Waals surface area contributed by atoms with Crippen molar-refractivity contribution in [1.82, 2.24) is 4.90 Å². The minimum atomic E-state index is -0.394. The van der Waals surface area contributed by atoms with E-state index in [0.717, 1.165) is 31.1 Å². The Labute approximate surface area is 121 Å². The number of nitrogens with zero attached hydrogens (tertiary/aromatic N) is 1. The number of likely N-dealkylation sites (tertiary alicyclic amines) is 1. The van der Waals surface area contributed by atoms with Gasteiger partial charge in [-0.05, 0) is 48.2 Å². The van der Waals surface area contributed by atoms with Crippen LogP contribution in [-0.4, -0.2) is 29.6 Å². The minimum Gasteiger partial charge on any atom is -0.387 e. The Hall–Kier alpha value is -1.38. The van der Waals surface area contributed by atoms with E-state index in [1.54, 1.807) is 0 Å². The van der Waals surface area contributed by atoms with Gasteiger partial charge in [-0.3, -0.25) is 0 Å². The molecule has 0 amide bonds. The highest BCUT2D eigenvalue weighted by atomic mass is 16.3. The van der Waals surface area contributed by atoms with Gasteiger partial charge in [0.1, 0.15) is 0 Å². The average molecular weight is 269 g/mol. The molecule has 2 aromatic rings. The maximum Gasteiger partial charge on any atom is 0.0922 e. The van der Waals surface area contributed by atoms with E-state index in [4.69, 9.17) is 0 Å². The van der Waals surface area contributed by atoms with E-state index in [1.165, 1.54) is 23.6 Å². The highest BCUT2D eigenvalue weighted by Crippen LogP contribution is 2.26. The number of aliphatic hydroxyl groups is 1. The Morgan fingerprint density at radius 1 is 1.10 bits per heavy atom. The third kappa shape index (κ3) is 2.87. The van der Waals surface area contributed by atoms with Crippen molar-refractivity contribution in [3.8, 4) is 0 Å². The van der Waals surface area contributed by atoms with Gasteiger partial charge in [-0.2, -0.15) is 0 Å². The predicted octanol–water partition coefficient (Wildman–Crippen LogP) is 3.61. The topological polar surface area (TPSA) is 23.5 Å². The SMILES string of the molecule is CC1CCN(CC(O)c2cccc3ccccc23)CC1. The molecule has 1 aliphatic heterocycles. The number of hydrogen-bond acceptors (Lipinski definition) is 2. The number of benzene rings is 2. The van der Waals surface area contributed by atoms with Gasteiger partial charge in [-0.25, -0.2) is 0 Å². The molecule has 2 heteroatoms. The Morgan fingerprint density at radius 2 is 1.80 bits per heavy atom. The van der Waals surface area contributed by atoms with Gasteiger partial charge in [0.2, 0.25) is 0 Å². The van der Waals surface area contributed by atoms with Crippen molar-refractivity contribution in [3.63, 3.8) is 0 Å². The van der Waals surface area contributed by atoms with E-state index in [0.29, 0.717) is 0 Å². The van der Waals surface area contributed by atoms with E-state index in [9.17, 15) is 5.11 Å². The maximum absolute atomic E-state index is 10.6.